The fourth-order valence-corrected chi connectivity index (χ4v) is 2.97. The number of anilines is 1. The van der Waals surface area contributed by atoms with Crippen molar-refractivity contribution in [3.63, 3.8) is 0 Å². The zero-order chi connectivity index (χ0) is 15.4. The highest BCUT2D eigenvalue weighted by molar-refractivity contribution is 6.61. The summed E-state index contributed by atoms with van der Waals surface area (Å²) in [6.07, 6.45) is 0.556. The summed E-state index contributed by atoms with van der Waals surface area (Å²) in [6, 6.07) is 21.9. The van der Waals surface area contributed by atoms with Gasteiger partial charge in [-0.15, -0.1) is 0 Å². The lowest BCUT2D eigenvalue weighted by molar-refractivity contribution is 0.127. The SMILES string of the molecule is CO[Si](CNc1ccccc1)(OC)OC.c1ccccc1. The first-order valence-electron chi connectivity index (χ1n) is 6.70. The molecule has 0 radical (unpaired) electrons. The molecular formula is C16H23NO3Si. The number of benzene rings is 2. The second-order valence-electron chi connectivity index (χ2n) is 4.17. The smallest absolute Gasteiger partial charge is 0.381 e. The van der Waals surface area contributed by atoms with Crippen molar-refractivity contribution in [1.82, 2.24) is 0 Å². The standard InChI is InChI=1S/C10H17NO3Si.C6H6/c1-12-15(13-2,14-3)9-11-10-7-5-4-6-8-10;1-2-4-6-5-3-1/h4-8,11H,9H2,1-3H3;1-6H. The Bertz CT molecular complexity index is 428. The van der Waals surface area contributed by atoms with Crippen LogP contribution in [0.1, 0.15) is 0 Å². The van der Waals surface area contributed by atoms with Gasteiger partial charge in [0, 0.05) is 27.0 Å². The van der Waals surface area contributed by atoms with E-state index in [0.29, 0.717) is 6.17 Å². The van der Waals surface area contributed by atoms with Crippen molar-refractivity contribution in [1.29, 1.82) is 0 Å². The molecule has 2 aromatic rings. The molecule has 0 fully saturated rings. The molecule has 0 aromatic heterocycles. The fraction of sp³-hybridized carbons (Fsp3) is 0.250. The summed E-state index contributed by atoms with van der Waals surface area (Å²) in [5.41, 5.74) is 1.03. The molecular weight excluding hydrogens is 282 g/mol. The van der Waals surface area contributed by atoms with Crippen molar-refractivity contribution in [3.8, 4) is 0 Å². The van der Waals surface area contributed by atoms with E-state index in [9.17, 15) is 0 Å². The molecule has 0 saturated heterocycles. The molecule has 0 heterocycles. The van der Waals surface area contributed by atoms with Crippen LogP contribution in [0.15, 0.2) is 66.7 Å². The van der Waals surface area contributed by atoms with Crippen LogP contribution in [0.3, 0.4) is 0 Å². The molecule has 0 spiro atoms. The van der Waals surface area contributed by atoms with Gasteiger partial charge in [0.05, 0.1) is 6.17 Å². The molecule has 2 rings (SSSR count). The van der Waals surface area contributed by atoms with Gasteiger partial charge in [0.2, 0.25) is 0 Å². The van der Waals surface area contributed by atoms with E-state index >= 15 is 0 Å². The van der Waals surface area contributed by atoms with Crippen LogP contribution in [0.5, 0.6) is 0 Å². The lowest BCUT2D eigenvalue weighted by Gasteiger charge is -2.24. The maximum absolute atomic E-state index is 5.29. The van der Waals surface area contributed by atoms with Crippen LogP contribution in [-0.4, -0.2) is 36.3 Å². The molecule has 0 saturated carbocycles. The largest absolute Gasteiger partial charge is 0.520 e. The molecule has 0 atom stereocenters. The predicted octanol–water partition coefficient (Wildman–Crippen LogP) is 3.20. The molecule has 0 aliphatic rings. The van der Waals surface area contributed by atoms with Gasteiger partial charge in [0.25, 0.3) is 0 Å². The maximum atomic E-state index is 5.29. The van der Waals surface area contributed by atoms with Gasteiger partial charge in [0.1, 0.15) is 0 Å². The number of hydrogen-bond acceptors (Lipinski definition) is 4. The van der Waals surface area contributed by atoms with E-state index in [-0.39, 0.29) is 0 Å². The summed E-state index contributed by atoms with van der Waals surface area (Å²) in [4.78, 5) is 0. The van der Waals surface area contributed by atoms with Gasteiger partial charge in [-0.05, 0) is 12.1 Å². The van der Waals surface area contributed by atoms with Gasteiger partial charge in [-0.1, -0.05) is 54.6 Å². The van der Waals surface area contributed by atoms with Crippen molar-refractivity contribution < 1.29 is 13.3 Å². The third kappa shape index (κ3) is 6.55. The minimum absolute atomic E-state index is 0.556. The van der Waals surface area contributed by atoms with Crippen LogP contribution in [0.25, 0.3) is 0 Å². The molecule has 0 aliphatic carbocycles. The van der Waals surface area contributed by atoms with Crippen LogP contribution < -0.4 is 5.32 Å². The third-order valence-corrected chi connectivity index (χ3v) is 5.36. The average molecular weight is 305 g/mol. The average Bonchev–Trinajstić information content (AvgIpc) is 2.60. The van der Waals surface area contributed by atoms with Crippen LogP contribution in [0.2, 0.25) is 0 Å². The summed E-state index contributed by atoms with van der Waals surface area (Å²) in [7, 11) is 2.30. The van der Waals surface area contributed by atoms with Gasteiger partial charge >= 0.3 is 8.80 Å². The Hall–Kier alpha value is -1.66. The van der Waals surface area contributed by atoms with Crippen LogP contribution in [0.4, 0.5) is 5.69 Å². The molecule has 0 bridgehead atoms. The van der Waals surface area contributed by atoms with Crippen LogP contribution in [-0.2, 0) is 13.3 Å². The lowest BCUT2D eigenvalue weighted by Crippen LogP contribution is -2.49. The van der Waals surface area contributed by atoms with Gasteiger partial charge in [-0.2, -0.15) is 0 Å². The molecule has 21 heavy (non-hydrogen) atoms. The highest BCUT2D eigenvalue weighted by atomic mass is 28.4. The van der Waals surface area contributed by atoms with Gasteiger partial charge in [-0.3, -0.25) is 0 Å². The Balaban J connectivity index is 0.000000304. The molecule has 1 N–H and O–H groups in total. The van der Waals surface area contributed by atoms with E-state index < -0.39 is 8.80 Å². The monoisotopic (exact) mass is 305 g/mol. The minimum atomic E-state index is -2.51. The van der Waals surface area contributed by atoms with E-state index in [0.717, 1.165) is 5.69 Å². The summed E-state index contributed by atoms with van der Waals surface area (Å²) in [6.45, 7) is 0. The number of para-hydroxylation sites is 1. The molecule has 0 unspecified atom stereocenters. The zero-order valence-corrected chi connectivity index (χ0v) is 13.8. The Morgan fingerprint density at radius 2 is 1.10 bits per heavy atom. The van der Waals surface area contributed by atoms with E-state index in [2.05, 4.69) is 5.32 Å². The van der Waals surface area contributed by atoms with E-state index in [1.807, 2.05) is 66.7 Å². The molecule has 0 amide bonds. The molecule has 5 heteroatoms. The van der Waals surface area contributed by atoms with E-state index in [4.69, 9.17) is 13.3 Å². The van der Waals surface area contributed by atoms with E-state index in [1.54, 1.807) is 21.3 Å². The van der Waals surface area contributed by atoms with Crippen molar-refractivity contribution in [2.75, 3.05) is 32.8 Å². The topological polar surface area (TPSA) is 39.7 Å². The number of hydrogen-bond donors (Lipinski definition) is 1. The first-order valence-corrected chi connectivity index (χ1v) is 8.64. The summed E-state index contributed by atoms with van der Waals surface area (Å²) < 4.78 is 15.9. The van der Waals surface area contributed by atoms with Crippen molar-refractivity contribution >= 4 is 14.5 Å². The second-order valence-corrected chi connectivity index (χ2v) is 7.11. The van der Waals surface area contributed by atoms with Crippen LogP contribution in [0, 0.1) is 0 Å². The zero-order valence-electron chi connectivity index (χ0n) is 12.8. The highest BCUT2D eigenvalue weighted by Gasteiger charge is 2.37. The normalized spacial score (nSPS) is 10.4. The Kier molecular flexibility index (Phi) is 8.38. The number of rotatable bonds is 6. The Morgan fingerprint density at radius 3 is 1.48 bits per heavy atom. The summed E-state index contributed by atoms with van der Waals surface area (Å²) in [5.74, 6) is 0. The van der Waals surface area contributed by atoms with Gasteiger partial charge in [-0.25, -0.2) is 0 Å². The van der Waals surface area contributed by atoms with E-state index in [1.165, 1.54) is 0 Å². The number of nitrogens with one attached hydrogen (secondary N) is 1. The third-order valence-electron chi connectivity index (χ3n) is 2.88. The van der Waals surface area contributed by atoms with Crippen molar-refractivity contribution in [3.05, 3.63) is 66.7 Å². The second kappa shape index (κ2) is 10.1. The molecule has 114 valence electrons. The maximum Gasteiger partial charge on any atom is 0.520 e. The van der Waals surface area contributed by atoms with Crippen molar-refractivity contribution in [2.45, 2.75) is 0 Å². The first kappa shape index (κ1) is 17.4. The molecule has 0 aliphatic heterocycles. The molecule has 2 aromatic carbocycles. The Morgan fingerprint density at radius 1 is 0.714 bits per heavy atom. The highest BCUT2D eigenvalue weighted by Crippen LogP contribution is 2.10. The lowest BCUT2D eigenvalue weighted by atomic mass is 10.3. The Labute approximate surface area is 128 Å². The fourth-order valence-electron chi connectivity index (χ4n) is 1.62. The van der Waals surface area contributed by atoms with Crippen LogP contribution >= 0.6 is 0 Å². The summed E-state index contributed by atoms with van der Waals surface area (Å²) in [5, 5.41) is 3.23. The van der Waals surface area contributed by atoms with Crippen molar-refractivity contribution in [2.24, 2.45) is 0 Å². The molecule has 4 nitrogen and oxygen atoms in total. The predicted molar refractivity (Wildman–Crippen MR) is 88.2 cm³/mol. The quantitative estimate of drug-likeness (QED) is 0.832. The van der Waals surface area contributed by atoms with Gasteiger partial charge in [0.15, 0.2) is 0 Å². The first-order chi connectivity index (χ1) is 10.3. The van der Waals surface area contributed by atoms with Gasteiger partial charge < -0.3 is 18.6 Å². The summed E-state index contributed by atoms with van der Waals surface area (Å²) >= 11 is 0. The minimum Gasteiger partial charge on any atom is -0.381 e.